The van der Waals surface area contributed by atoms with Gasteiger partial charge in [-0.05, 0) is 17.7 Å². The number of halogens is 1. The molecule has 0 radical (unpaired) electrons. The van der Waals surface area contributed by atoms with Gasteiger partial charge in [0.05, 0.1) is 19.4 Å². The van der Waals surface area contributed by atoms with Crippen molar-refractivity contribution in [3.63, 3.8) is 0 Å². The Balaban J connectivity index is 2.56. The van der Waals surface area contributed by atoms with Gasteiger partial charge in [0.25, 0.3) is 0 Å². The SMILES string of the molecule is COCc1cc(=O)c(O)c([C@H](CC(=O)OC)c2ccc(F)cc2)o1. The van der Waals surface area contributed by atoms with Gasteiger partial charge in [0.1, 0.15) is 18.2 Å². The molecule has 128 valence electrons. The van der Waals surface area contributed by atoms with E-state index in [4.69, 9.17) is 9.15 Å². The van der Waals surface area contributed by atoms with Crippen molar-refractivity contribution in [2.45, 2.75) is 18.9 Å². The lowest BCUT2D eigenvalue weighted by Crippen LogP contribution is -2.14. The molecule has 0 saturated heterocycles. The number of hydrogen-bond acceptors (Lipinski definition) is 6. The second-order valence-corrected chi connectivity index (χ2v) is 5.11. The first-order valence-corrected chi connectivity index (χ1v) is 7.13. The number of carbonyl (C=O) groups is 1. The van der Waals surface area contributed by atoms with Crippen LogP contribution in [0.2, 0.25) is 0 Å². The molecule has 0 fully saturated rings. The summed E-state index contributed by atoms with van der Waals surface area (Å²) in [5.74, 6) is -2.31. The van der Waals surface area contributed by atoms with Gasteiger partial charge in [-0.15, -0.1) is 0 Å². The zero-order valence-corrected chi connectivity index (χ0v) is 13.2. The number of carbonyl (C=O) groups excluding carboxylic acids is 1. The summed E-state index contributed by atoms with van der Waals surface area (Å²) in [6, 6.07) is 6.44. The molecule has 1 N–H and O–H groups in total. The molecular weight excluding hydrogens is 319 g/mol. The number of hydrogen-bond donors (Lipinski definition) is 1. The average Bonchev–Trinajstić information content (AvgIpc) is 2.57. The third-order valence-electron chi connectivity index (χ3n) is 3.47. The second kappa shape index (κ2) is 7.74. The van der Waals surface area contributed by atoms with Crippen LogP contribution in [0.1, 0.15) is 29.4 Å². The van der Waals surface area contributed by atoms with Crippen molar-refractivity contribution in [1.82, 2.24) is 0 Å². The maximum absolute atomic E-state index is 13.2. The van der Waals surface area contributed by atoms with E-state index < -0.39 is 28.9 Å². The molecule has 1 atom stereocenters. The molecule has 1 aromatic carbocycles. The molecule has 0 unspecified atom stereocenters. The number of esters is 1. The van der Waals surface area contributed by atoms with E-state index in [9.17, 15) is 19.1 Å². The zero-order chi connectivity index (χ0) is 17.7. The van der Waals surface area contributed by atoms with E-state index >= 15 is 0 Å². The summed E-state index contributed by atoms with van der Waals surface area (Å²) in [4.78, 5) is 23.7. The fourth-order valence-electron chi connectivity index (χ4n) is 2.31. The standard InChI is InChI=1S/C17H17FO6/c1-22-9-12-7-14(19)16(21)17(24-12)13(8-15(20)23-2)10-3-5-11(18)6-4-10/h3-7,13,21H,8-9H2,1-2H3/t13-/m1/s1. The van der Waals surface area contributed by atoms with Gasteiger partial charge < -0.3 is 19.0 Å². The quantitative estimate of drug-likeness (QED) is 0.815. The monoisotopic (exact) mass is 336 g/mol. The predicted molar refractivity (Wildman–Crippen MR) is 82.2 cm³/mol. The lowest BCUT2D eigenvalue weighted by molar-refractivity contribution is -0.140. The number of methoxy groups -OCH3 is 2. The first-order chi connectivity index (χ1) is 11.5. The normalized spacial score (nSPS) is 12.0. The van der Waals surface area contributed by atoms with Crippen molar-refractivity contribution in [1.29, 1.82) is 0 Å². The van der Waals surface area contributed by atoms with Crippen LogP contribution in [0.3, 0.4) is 0 Å². The van der Waals surface area contributed by atoms with Crippen LogP contribution in [0.15, 0.2) is 39.5 Å². The van der Waals surface area contributed by atoms with Crippen molar-refractivity contribution in [3.05, 3.63) is 63.5 Å². The summed E-state index contributed by atoms with van der Waals surface area (Å²) < 4.78 is 28.3. The average molecular weight is 336 g/mol. The fourth-order valence-corrected chi connectivity index (χ4v) is 2.31. The highest BCUT2D eigenvalue weighted by atomic mass is 19.1. The predicted octanol–water partition coefficient (Wildman–Crippen LogP) is 2.33. The van der Waals surface area contributed by atoms with Gasteiger partial charge in [0.15, 0.2) is 5.76 Å². The summed E-state index contributed by atoms with van der Waals surface area (Å²) in [5.41, 5.74) is -0.157. The van der Waals surface area contributed by atoms with Crippen molar-refractivity contribution in [2.75, 3.05) is 14.2 Å². The smallest absolute Gasteiger partial charge is 0.306 e. The third kappa shape index (κ3) is 3.99. The molecule has 1 heterocycles. The van der Waals surface area contributed by atoms with Crippen LogP contribution in [0.5, 0.6) is 5.75 Å². The van der Waals surface area contributed by atoms with Crippen LogP contribution in [0.25, 0.3) is 0 Å². The van der Waals surface area contributed by atoms with Crippen LogP contribution in [0.4, 0.5) is 4.39 Å². The van der Waals surface area contributed by atoms with Crippen LogP contribution >= 0.6 is 0 Å². The summed E-state index contributed by atoms with van der Waals surface area (Å²) in [7, 11) is 2.65. The fraction of sp³-hybridized carbons (Fsp3) is 0.294. The largest absolute Gasteiger partial charge is 0.502 e. The Morgan fingerprint density at radius 1 is 1.29 bits per heavy atom. The molecule has 6 nitrogen and oxygen atoms in total. The van der Waals surface area contributed by atoms with E-state index in [1.807, 2.05) is 0 Å². The Bertz CT molecular complexity index is 766. The van der Waals surface area contributed by atoms with Crippen LogP contribution < -0.4 is 5.43 Å². The number of aromatic hydroxyl groups is 1. The van der Waals surface area contributed by atoms with E-state index in [1.165, 1.54) is 38.5 Å². The molecule has 0 bridgehead atoms. The minimum Gasteiger partial charge on any atom is -0.502 e. The van der Waals surface area contributed by atoms with Crippen molar-refractivity contribution in [2.24, 2.45) is 0 Å². The van der Waals surface area contributed by atoms with E-state index in [1.54, 1.807) is 0 Å². The number of rotatable bonds is 6. The Hall–Kier alpha value is -2.67. The van der Waals surface area contributed by atoms with E-state index in [2.05, 4.69) is 4.74 Å². The maximum Gasteiger partial charge on any atom is 0.306 e. The van der Waals surface area contributed by atoms with Gasteiger partial charge in [-0.3, -0.25) is 9.59 Å². The number of benzene rings is 1. The molecule has 7 heteroatoms. The van der Waals surface area contributed by atoms with Crippen LogP contribution in [-0.4, -0.2) is 25.3 Å². The van der Waals surface area contributed by atoms with Gasteiger partial charge in [0, 0.05) is 13.2 Å². The Labute approximate surface area is 137 Å². The molecule has 0 aliphatic rings. The van der Waals surface area contributed by atoms with Gasteiger partial charge in [-0.1, -0.05) is 12.1 Å². The molecule has 0 spiro atoms. The van der Waals surface area contributed by atoms with Gasteiger partial charge in [-0.25, -0.2) is 4.39 Å². The molecule has 0 aliphatic carbocycles. The molecule has 24 heavy (non-hydrogen) atoms. The maximum atomic E-state index is 13.2. The molecule has 1 aromatic heterocycles. The van der Waals surface area contributed by atoms with Crippen LogP contribution in [0, 0.1) is 5.82 Å². The molecule has 0 amide bonds. The highest BCUT2D eigenvalue weighted by molar-refractivity contribution is 5.71. The molecule has 2 rings (SSSR count). The Morgan fingerprint density at radius 2 is 1.96 bits per heavy atom. The molecular formula is C17H17FO6. The summed E-state index contributed by atoms with van der Waals surface area (Å²) in [6.45, 7) is 0.0247. The van der Waals surface area contributed by atoms with Crippen molar-refractivity contribution < 1.29 is 28.2 Å². The second-order valence-electron chi connectivity index (χ2n) is 5.11. The summed E-state index contributed by atoms with van der Waals surface area (Å²) in [6.07, 6.45) is -0.185. The number of ether oxygens (including phenoxy) is 2. The van der Waals surface area contributed by atoms with E-state index in [0.29, 0.717) is 5.56 Å². The minimum absolute atomic E-state index is 0.0247. The molecule has 2 aromatic rings. The Morgan fingerprint density at radius 3 is 2.54 bits per heavy atom. The van der Waals surface area contributed by atoms with Gasteiger partial charge in [0.2, 0.25) is 11.2 Å². The lowest BCUT2D eigenvalue weighted by Gasteiger charge is -2.17. The third-order valence-corrected chi connectivity index (χ3v) is 3.47. The van der Waals surface area contributed by atoms with Crippen molar-refractivity contribution in [3.8, 4) is 5.75 Å². The highest BCUT2D eigenvalue weighted by Gasteiger charge is 2.26. The van der Waals surface area contributed by atoms with E-state index in [0.717, 1.165) is 6.07 Å². The summed E-state index contributed by atoms with van der Waals surface area (Å²) >= 11 is 0. The van der Waals surface area contributed by atoms with Crippen LogP contribution in [-0.2, 0) is 20.9 Å². The lowest BCUT2D eigenvalue weighted by atomic mass is 9.92. The van der Waals surface area contributed by atoms with Gasteiger partial charge >= 0.3 is 5.97 Å². The van der Waals surface area contributed by atoms with E-state index in [-0.39, 0.29) is 24.5 Å². The minimum atomic E-state index is -0.803. The highest BCUT2D eigenvalue weighted by Crippen LogP contribution is 2.33. The summed E-state index contributed by atoms with van der Waals surface area (Å²) in [5, 5.41) is 10.1. The first kappa shape index (κ1) is 17.7. The Kier molecular flexibility index (Phi) is 5.70. The van der Waals surface area contributed by atoms with Crippen molar-refractivity contribution >= 4 is 5.97 Å². The first-order valence-electron chi connectivity index (χ1n) is 7.13. The molecule has 0 saturated carbocycles. The zero-order valence-electron chi connectivity index (χ0n) is 13.2. The molecule has 0 aliphatic heterocycles. The van der Waals surface area contributed by atoms with Gasteiger partial charge in [-0.2, -0.15) is 0 Å². The topological polar surface area (TPSA) is 86.0 Å².